The van der Waals surface area contributed by atoms with Crippen LogP contribution in [0.25, 0.3) is 0 Å². The van der Waals surface area contributed by atoms with Gasteiger partial charge in [-0.15, -0.1) is 0 Å². The molecule has 0 atom stereocenters. The van der Waals surface area contributed by atoms with E-state index in [1.807, 2.05) is 13.8 Å². The Morgan fingerprint density at radius 1 is 1.29 bits per heavy atom. The predicted octanol–water partition coefficient (Wildman–Crippen LogP) is 1.64. The molecule has 0 radical (unpaired) electrons. The van der Waals surface area contributed by atoms with Gasteiger partial charge >= 0.3 is 6.18 Å². The van der Waals surface area contributed by atoms with Crippen LogP contribution in [0, 0.1) is 0 Å². The van der Waals surface area contributed by atoms with Gasteiger partial charge in [0.1, 0.15) is 0 Å². The quantitative estimate of drug-likeness (QED) is 0.747. The van der Waals surface area contributed by atoms with Crippen LogP contribution in [-0.2, 0) is 4.74 Å². The van der Waals surface area contributed by atoms with E-state index < -0.39 is 12.7 Å². The van der Waals surface area contributed by atoms with E-state index >= 15 is 0 Å². The molecular weight excluding hydrogens is 233 g/mol. The number of rotatable bonds is 7. The molecule has 1 rings (SSSR count). The summed E-state index contributed by atoms with van der Waals surface area (Å²) in [7, 11) is 0. The molecule has 102 valence electrons. The molecule has 1 aliphatic heterocycles. The van der Waals surface area contributed by atoms with Crippen molar-refractivity contribution >= 4 is 0 Å². The van der Waals surface area contributed by atoms with Gasteiger partial charge in [-0.2, -0.15) is 13.2 Å². The first-order chi connectivity index (χ1) is 7.85. The van der Waals surface area contributed by atoms with E-state index in [9.17, 15) is 13.2 Å². The van der Waals surface area contributed by atoms with Crippen LogP contribution >= 0.6 is 0 Å². The van der Waals surface area contributed by atoms with Crippen LogP contribution in [0.5, 0.6) is 0 Å². The maximum atomic E-state index is 12.3. The lowest BCUT2D eigenvalue weighted by Crippen LogP contribution is -2.59. The molecule has 0 spiro atoms. The molecule has 6 heteroatoms. The number of hydrogen-bond acceptors (Lipinski definition) is 3. The second kappa shape index (κ2) is 6.02. The average molecular weight is 254 g/mol. The van der Waals surface area contributed by atoms with E-state index in [1.165, 1.54) is 4.90 Å². The smallest absolute Gasteiger partial charge is 0.371 e. The summed E-state index contributed by atoms with van der Waals surface area (Å²) < 4.78 is 42.4. The van der Waals surface area contributed by atoms with E-state index in [4.69, 9.17) is 4.74 Å². The Morgan fingerprint density at radius 3 is 2.35 bits per heavy atom. The minimum atomic E-state index is -4.13. The third-order valence-electron chi connectivity index (χ3n) is 2.80. The molecule has 0 saturated carbocycles. The Hall–Kier alpha value is -0.330. The SMILES string of the molecule is CCCN(CCOC1(C)CNC1)CC(F)(F)F. The Labute approximate surface area is 100 Å². The predicted molar refractivity (Wildman–Crippen MR) is 60.0 cm³/mol. The third kappa shape index (κ3) is 5.70. The summed E-state index contributed by atoms with van der Waals surface area (Å²) in [6.45, 7) is 5.70. The van der Waals surface area contributed by atoms with Crippen molar-refractivity contribution in [2.24, 2.45) is 0 Å². The molecule has 0 amide bonds. The van der Waals surface area contributed by atoms with Crippen LogP contribution in [-0.4, -0.2) is 56.0 Å². The van der Waals surface area contributed by atoms with Crippen molar-refractivity contribution in [3.63, 3.8) is 0 Å². The molecule has 0 aliphatic carbocycles. The molecule has 3 nitrogen and oxygen atoms in total. The lowest BCUT2D eigenvalue weighted by molar-refractivity contribution is -0.150. The zero-order valence-electron chi connectivity index (χ0n) is 10.4. The first kappa shape index (κ1) is 14.7. The normalized spacial score (nSPS) is 19.4. The van der Waals surface area contributed by atoms with Crippen LogP contribution in [0.15, 0.2) is 0 Å². The average Bonchev–Trinajstić information content (AvgIpc) is 2.13. The van der Waals surface area contributed by atoms with Gasteiger partial charge in [0.25, 0.3) is 0 Å². The molecule has 1 saturated heterocycles. The molecule has 0 aromatic carbocycles. The fourth-order valence-electron chi connectivity index (χ4n) is 1.84. The van der Waals surface area contributed by atoms with Crippen LogP contribution in [0.3, 0.4) is 0 Å². The lowest BCUT2D eigenvalue weighted by Gasteiger charge is -2.39. The number of ether oxygens (including phenoxy) is 1. The van der Waals surface area contributed by atoms with Gasteiger partial charge in [0, 0.05) is 19.6 Å². The van der Waals surface area contributed by atoms with Gasteiger partial charge in [-0.1, -0.05) is 6.92 Å². The molecule has 17 heavy (non-hydrogen) atoms. The molecular formula is C11H21F3N2O. The number of alkyl halides is 3. The van der Waals surface area contributed by atoms with E-state index in [0.717, 1.165) is 19.5 Å². The van der Waals surface area contributed by atoms with Crippen LogP contribution in [0.1, 0.15) is 20.3 Å². The molecule has 0 unspecified atom stereocenters. The lowest BCUT2D eigenvalue weighted by atomic mass is 10.0. The number of hydrogen-bond donors (Lipinski definition) is 1. The standard InChI is InChI=1S/C11H21F3N2O/c1-3-4-16(9-11(12,13)14)5-6-17-10(2)7-15-8-10/h15H,3-9H2,1-2H3. The van der Waals surface area contributed by atoms with Crippen molar-refractivity contribution in [3.8, 4) is 0 Å². The minimum Gasteiger partial charge on any atom is -0.371 e. The van der Waals surface area contributed by atoms with Gasteiger partial charge in [0.05, 0.1) is 18.8 Å². The van der Waals surface area contributed by atoms with Gasteiger partial charge < -0.3 is 10.1 Å². The monoisotopic (exact) mass is 254 g/mol. The third-order valence-corrected chi connectivity index (χ3v) is 2.80. The molecule has 1 N–H and O–H groups in total. The van der Waals surface area contributed by atoms with Crippen molar-refractivity contribution in [2.75, 3.05) is 39.3 Å². The highest BCUT2D eigenvalue weighted by Gasteiger charge is 2.33. The Morgan fingerprint density at radius 2 is 1.94 bits per heavy atom. The summed E-state index contributed by atoms with van der Waals surface area (Å²) in [5.41, 5.74) is -0.184. The number of nitrogens with one attached hydrogen (secondary N) is 1. The first-order valence-corrected chi connectivity index (χ1v) is 5.98. The molecule has 1 aliphatic rings. The summed E-state index contributed by atoms with van der Waals surface area (Å²) >= 11 is 0. The second-order valence-corrected chi connectivity index (χ2v) is 4.79. The molecule has 0 aromatic heterocycles. The van der Waals surface area contributed by atoms with Crippen molar-refractivity contribution in [1.82, 2.24) is 10.2 Å². The Kier molecular flexibility index (Phi) is 5.22. The van der Waals surface area contributed by atoms with E-state index in [2.05, 4.69) is 5.32 Å². The first-order valence-electron chi connectivity index (χ1n) is 5.98. The molecule has 1 fully saturated rings. The summed E-state index contributed by atoms with van der Waals surface area (Å²) in [4.78, 5) is 1.40. The van der Waals surface area contributed by atoms with Crippen LogP contribution in [0.4, 0.5) is 13.2 Å². The Bertz CT molecular complexity index is 229. The maximum absolute atomic E-state index is 12.3. The van der Waals surface area contributed by atoms with Crippen molar-refractivity contribution < 1.29 is 17.9 Å². The molecule has 0 bridgehead atoms. The topological polar surface area (TPSA) is 24.5 Å². The van der Waals surface area contributed by atoms with Crippen LogP contribution < -0.4 is 5.32 Å². The van der Waals surface area contributed by atoms with Crippen molar-refractivity contribution in [2.45, 2.75) is 32.0 Å². The fraction of sp³-hybridized carbons (Fsp3) is 1.00. The number of nitrogens with zero attached hydrogens (tertiary/aromatic N) is 1. The zero-order valence-corrected chi connectivity index (χ0v) is 10.4. The largest absolute Gasteiger partial charge is 0.401 e. The summed E-state index contributed by atoms with van der Waals surface area (Å²) in [5.74, 6) is 0. The van der Waals surface area contributed by atoms with Crippen LogP contribution in [0.2, 0.25) is 0 Å². The van der Waals surface area contributed by atoms with Crippen molar-refractivity contribution in [3.05, 3.63) is 0 Å². The summed E-state index contributed by atoms with van der Waals surface area (Å²) in [5, 5.41) is 3.08. The van der Waals surface area contributed by atoms with Gasteiger partial charge in [-0.3, -0.25) is 4.90 Å². The molecule has 1 heterocycles. The Balaban J connectivity index is 2.24. The van der Waals surface area contributed by atoms with Gasteiger partial charge in [0.15, 0.2) is 0 Å². The number of halogens is 3. The van der Waals surface area contributed by atoms with Gasteiger partial charge in [0.2, 0.25) is 0 Å². The highest BCUT2D eigenvalue weighted by atomic mass is 19.4. The van der Waals surface area contributed by atoms with E-state index in [-0.39, 0.29) is 5.60 Å². The van der Waals surface area contributed by atoms with E-state index in [1.54, 1.807) is 0 Å². The van der Waals surface area contributed by atoms with E-state index in [0.29, 0.717) is 19.7 Å². The van der Waals surface area contributed by atoms with Crippen molar-refractivity contribution in [1.29, 1.82) is 0 Å². The highest BCUT2D eigenvalue weighted by molar-refractivity contribution is 4.90. The minimum absolute atomic E-state index is 0.184. The summed E-state index contributed by atoms with van der Waals surface area (Å²) in [6, 6.07) is 0. The summed E-state index contributed by atoms with van der Waals surface area (Å²) in [6.07, 6.45) is -3.41. The van der Waals surface area contributed by atoms with Gasteiger partial charge in [-0.25, -0.2) is 0 Å². The second-order valence-electron chi connectivity index (χ2n) is 4.79. The maximum Gasteiger partial charge on any atom is 0.401 e. The molecule has 0 aromatic rings. The fourth-order valence-corrected chi connectivity index (χ4v) is 1.84. The zero-order chi connectivity index (χ0) is 12.9. The van der Waals surface area contributed by atoms with Gasteiger partial charge in [-0.05, 0) is 19.9 Å². The highest BCUT2D eigenvalue weighted by Crippen LogP contribution is 2.18.